The fourth-order valence-corrected chi connectivity index (χ4v) is 2.88. The normalized spacial score (nSPS) is 21.8. The number of hydrogen-bond donors (Lipinski definition) is 2. The fraction of sp³-hybridized carbons (Fsp3) is 0.933. The number of nitrogens with one attached hydrogen (secondary N) is 1. The van der Waals surface area contributed by atoms with E-state index in [0.717, 1.165) is 39.0 Å². The highest BCUT2D eigenvalue weighted by Crippen LogP contribution is 2.20. The second-order valence-corrected chi connectivity index (χ2v) is 6.34. The molecule has 1 amide bonds. The summed E-state index contributed by atoms with van der Waals surface area (Å²) in [5, 5.41) is 3.08. The summed E-state index contributed by atoms with van der Waals surface area (Å²) >= 11 is 0. The van der Waals surface area contributed by atoms with Gasteiger partial charge in [-0.05, 0) is 57.2 Å². The molecule has 4 heteroatoms. The van der Waals surface area contributed by atoms with E-state index in [1.165, 1.54) is 6.42 Å². The van der Waals surface area contributed by atoms with E-state index in [-0.39, 0.29) is 5.91 Å². The SMILES string of the molecule is CC(C)C(CCN)CCC(=O)NCC1CCN(C)C1. The number of amides is 1. The third kappa shape index (κ3) is 6.39. The standard InChI is InChI=1S/C15H31N3O/c1-12(2)14(6-8-16)4-5-15(19)17-10-13-7-9-18(3)11-13/h12-14H,4-11,16H2,1-3H3,(H,17,19). The Balaban J connectivity index is 2.16. The van der Waals surface area contributed by atoms with Gasteiger partial charge in [-0.25, -0.2) is 0 Å². The van der Waals surface area contributed by atoms with Crippen molar-refractivity contribution in [3.63, 3.8) is 0 Å². The van der Waals surface area contributed by atoms with Crippen molar-refractivity contribution >= 4 is 5.91 Å². The summed E-state index contributed by atoms with van der Waals surface area (Å²) < 4.78 is 0. The molecule has 112 valence electrons. The summed E-state index contributed by atoms with van der Waals surface area (Å²) in [6.45, 7) is 8.26. The number of hydrogen-bond acceptors (Lipinski definition) is 3. The smallest absolute Gasteiger partial charge is 0.220 e. The third-order valence-corrected chi connectivity index (χ3v) is 4.30. The molecule has 1 heterocycles. The molecule has 0 saturated carbocycles. The van der Waals surface area contributed by atoms with Crippen LogP contribution in [0.1, 0.15) is 39.5 Å². The summed E-state index contributed by atoms with van der Waals surface area (Å²) in [5.74, 6) is 2.03. The molecule has 1 saturated heterocycles. The summed E-state index contributed by atoms with van der Waals surface area (Å²) in [4.78, 5) is 14.2. The van der Waals surface area contributed by atoms with Crippen LogP contribution in [0.25, 0.3) is 0 Å². The Morgan fingerprint density at radius 3 is 2.68 bits per heavy atom. The van der Waals surface area contributed by atoms with Crippen molar-refractivity contribution in [2.75, 3.05) is 33.2 Å². The molecule has 0 aliphatic carbocycles. The van der Waals surface area contributed by atoms with Crippen molar-refractivity contribution in [1.82, 2.24) is 10.2 Å². The van der Waals surface area contributed by atoms with E-state index < -0.39 is 0 Å². The Labute approximate surface area is 118 Å². The Morgan fingerprint density at radius 2 is 2.16 bits per heavy atom. The van der Waals surface area contributed by atoms with Gasteiger partial charge < -0.3 is 16.0 Å². The zero-order chi connectivity index (χ0) is 14.3. The Morgan fingerprint density at radius 1 is 1.42 bits per heavy atom. The molecule has 0 spiro atoms. The van der Waals surface area contributed by atoms with Crippen LogP contribution < -0.4 is 11.1 Å². The predicted octanol–water partition coefficient (Wildman–Crippen LogP) is 1.46. The second-order valence-electron chi connectivity index (χ2n) is 6.34. The third-order valence-electron chi connectivity index (χ3n) is 4.30. The lowest BCUT2D eigenvalue weighted by molar-refractivity contribution is -0.121. The van der Waals surface area contributed by atoms with Crippen molar-refractivity contribution in [1.29, 1.82) is 0 Å². The van der Waals surface area contributed by atoms with Gasteiger partial charge in [0.1, 0.15) is 0 Å². The number of carbonyl (C=O) groups is 1. The lowest BCUT2D eigenvalue weighted by Crippen LogP contribution is -2.31. The van der Waals surface area contributed by atoms with Gasteiger partial charge in [-0.2, -0.15) is 0 Å². The molecular formula is C15H31N3O. The molecule has 0 bridgehead atoms. The minimum atomic E-state index is 0.206. The lowest BCUT2D eigenvalue weighted by Gasteiger charge is -2.20. The summed E-state index contributed by atoms with van der Waals surface area (Å²) in [7, 11) is 2.14. The second kappa shape index (κ2) is 8.54. The molecule has 2 unspecified atom stereocenters. The van der Waals surface area contributed by atoms with Gasteiger partial charge in [-0.15, -0.1) is 0 Å². The van der Waals surface area contributed by atoms with Crippen LogP contribution in [0.15, 0.2) is 0 Å². The van der Waals surface area contributed by atoms with Crippen molar-refractivity contribution in [3.05, 3.63) is 0 Å². The van der Waals surface area contributed by atoms with Gasteiger partial charge in [-0.3, -0.25) is 4.79 Å². The maximum absolute atomic E-state index is 11.9. The molecule has 1 fully saturated rings. The summed E-state index contributed by atoms with van der Waals surface area (Å²) in [6.07, 6.45) is 3.84. The largest absolute Gasteiger partial charge is 0.356 e. The first-order chi connectivity index (χ1) is 9.02. The van der Waals surface area contributed by atoms with E-state index in [1.54, 1.807) is 0 Å². The maximum Gasteiger partial charge on any atom is 0.220 e. The van der Waals surface area contributed by atoms with E-state index in [2.05, 4.69) is 31.1 Å². The van der Waals surface area contributed by atoms with Gasteiger partial charge in [0.2, 0.25) is 5.91 Å². The van der Waals surface area contributed by atoms with Gasteiger partial charge in [0, 0.05) is 19.5 Å². The van der Waals surface area contributed by atoms with Gasteiger partial charge in [0.15, 0.2) is 0 Å². The van der Waals surface area contributed by atoms with Crippen LogP contribution >= 0.6 is 0 Å². The number of nitrogens with two attached hydrogens (primary N) is 1. The first-order valence-corrected chi connectivity index (χ1v) is 7.68. The molecular weight excluding hydrogens is 238 g/mol. The first kappa shape index (κ1) is 16.4. The van der Waals surface area contributed by atoms with Gasteiger partial charge in [0.25, 0.3) is 0 Å². The fourth-order valence-electron chi connectivity index (χ4n) is 2.88. The Kier molecular flexibility index (Phi) is 7.39. The minimum Gasteiger partial charge on any atom is -0.356 e. The van der Waals surface area contributed by atoms with Crippen LogP contribution in [0.3, 0.4) is 0 Å². The zero-order valence-corrected chi connectivity index (χ0v) is 12.8. The van der Waals surface area contributed by atoms with Gasteiger partial charge >= 0.3 is 0 Å². The number of carbonyl (C=O) groups excluding carboxylic acids is 1. The maximum atomic E-state index is 11.9. The number of nitrogens with zero attached hydrogens (tertiary/aromatic N) is 1. The van der Waals surface area contributed by atoms with Crippen molar-refractivity contribution in [3.8, 4) is 0 Å². The average Bonchev–Trinajstić information content (AvgIpc) is 2.77. The van der Waals surface area contributed by atoms with Gasteiger partial charge in [0.05, 0.1) is 0 Å². The van der Waals surface area contributed by atoms with E-state index in [0.29, 0.717) is 24.2 Å². The monoisotopic (exact) mass is 269 g/mol. The minimum absolute atomic E-state index is 0.206. The first-order valence-electron chi connectivity index (χ1n) is 7.68. The summed E-state index contributed by atoms with van der Waals surface area (Å²) in [5.41, 5.74) is 5.62. The molecule has 0 aromatic rings. The van der Waals surface area contributed by atoms with E-state index >= 15 is 0 Å². The topological polar surface area (TPSA) is 58.4 Å². The van der Waals surface area contributed by atoms with E-state index in [9.17, 15) is 4.79 Å². The molecule has 0 aromatic carbocycles. The van der Waals surface area contributed by atoms with Crippen LogP contribution in [0.2, 0.25) is 0 Å². The summed E-state index contributed by atoms with van der Waals surface area (Å²) in [6, 6.07) is 0. The number of likely N-dealkylation sites (tertiary alicyclic amines) is 1. The van der Waals surface area contributed by atoms with Gasteiger partial charge in [-0.1, -0.05) is 13.8 Å². The Bertz CT molecular complexity index is 268. The van der Waals surface area contributed by atoms with Crippen LogP contribution in [0, 0.1) is 17.8 Å². The molecule has 1 aliphatic rings. The highest BCUT2D eigenvalue weighted by molar-refractivity contribution is 5.75. The van der Waals surface area contributed by atoms with Crippen molar-refractivity contribution in [2.24, 2.45) is 23.5 Å². The van der Waals surface area contributed by atoms with Crippen LogP contribution in [0.5, 0.6) is 0 Å². The molecule has 3 N–H and O–H groups in total. The van der Waals surface area contributed by atoms with Crippen LogP contribution in [-0.4, -0.2) is 44.0 Å². The Hall–Kier alpha value is -0.610. The quantitative estimate of drug-likeness (QED) is 0.701. The molecule has 0 aromatic heterocycles. The average molecular weight is 269 g/mol. The highest BCUT2D eigenvalue weighted by Gasteiger charge is 2.20. The predicted molar refractivity (Wildman–Crippen MR) is 79.8 cm³/mol. The zero-order valence-electron chi connectivity index (χ0n) is 12.8. The lowest BCUT2D eigenvalue weighted by atomic mass is 9.88. The van der Waals surface area contributed by atoms with E-state index in [4.69, 9.17) is 5.73 Å². The molecule has 4 nitrogen and oxygen atoms in total. The highest BCUT2D eigenvalue weighted by atomic mass is 16.1. The van der Waals surface area contributed by atoms with Crippen LogP contribution in [-0.2, 0) is 4.79 Å². The van der Waals surface area contributed by atoms with Crippen molar-refractivity contribution in [2.45, 2.75) is 39.5 Å². The molecule has 1 aliphatic heterocycles. The molecule has 2 atom stereocenters. The molecule has 0 radical (unpaired) electrons. The number of rotatable bonds is 8. The van der Waals surface area contributed by atoms with Crippen molar-refractivity contribution < 1.29 is 4.79 Å². The molecule has 1 rings (SSSR count). The molecule has 19 heavy (non-hydrogen) atoms. The van der Waals surface area contributed by atoms with E-state index in [1.807, 2.05) is 0 Å². The van der Waals surface area contributed by atoms with Crippen LogP contribution in [0.4, 0.5) is 0 Å².